The quantitative estimate of drug-likeness (QED) is 0.781. The van der Waals surface area contributed by atoms with E-state index in [-0.39, 0.29) is 0 Å². The summed E-state index contributed by atoms with van der Waals surface area (Å²) >= 11 is 0. The second kappa shape index (κ2) is 6.70. The molecular formula is C14H24N4O. The number of nitrogens with zero attached hydrogens (tertiary/aromatic N) is 3. The third kappa shape index (κ3) is 3.80. The molecule has 0 atom stereocenters. The molecule has 1 fully saturated rings. The molecule has 0 spiro atoms. The molecule has 0 aromatic carbocycles. The summed E-state index contributed by atoms with van der Waals surface area (Å²) in [6.45, 7) is 3.75. The zero-order chi connectivity index (χ0) is 13.7. The molecule has 0 saturated heterocycles. The van der Waals surface area contributed by atoms with Gasteiger partial charge in [0.2, 0.25) is 0 Å². The van der Waals surface area contributed by atoms with Crippen LogP contribution < -0.4 is 10.2 Å². The van der Waals surface area contributed by atoms with Crippen LogP contribution in [0.4, 0.5) is 11.6 Å². The van der Waals surface area contributed by atoms with Crippen LogP contribution >= 0.6 is 0 Å². The third-order valence-corrected chi connectivity index (χ3v) is 3.32. The Morgan fingerprint density at radius 3 is 2.79 bits per heavy atom. The second-order valence-electron chi connectivity index (χ2n) is 4.99. The number of ether oxygens (including phenoxy) is 1. The predicted octanol–water partition coefficient (Wildman–Crippen LogP) is 2.43. The van der Waals surface area contributed by atoms with Gasteiger partial charge in [-0.05, 0) is 19.3 Å². The molecule has 0 bridgehead atoms. The second-order valence-corrected chi connectivity index (χ2v) is 4.99. The molecular weight excluding hydrogens is 240 g/mol. The average Bonchev–Trinajstić information content (AvgIpc) is 3.24. The summed E-state index contributed by atoms with van der Waals surface area (Å²) in [6.07, 6.45) is 4.97. The van der Waals surface area contributed by atoms with E-state index in [0.717, 1.165) is 24.0 Å². The number of rotatable bonds is 8. The number of hydrogen-bond acceptors (Lipinski definition) is 5. The molecule has 0 amide bonds. The summed E-state index contributed by atoms with van der Waals surface area (Å²) in [5, 5.41) is 3.10. The topological polar surface area (TPSA) is 50.3 Å². The minimum atomic E-state index is 0.453. The molecule has 0 aliphatic heterocycles. The zero-order valence-electron chi connectivity index (χ0n) is 12.1. The van der Waals surface area contributed by atoms with Gasteiger partial charge in [0.15, 0.2) is 5.82 Å². The van der Waals surface area contributed by atoms with Crippen molar-refractivity contribution in [1.82, 2.24) is 9.97 Å². The number of nitrogens with one attached hydrogen (secondary N) is 1. The summed E-state index contributed by atoms with van der Waals surface area (Å²) in [7, 11) is 3.56. The van der Waals surface area contributed by atoms with Gasteiger partial charge in [0.05, 0.1) is 0 Å². The lowest BCUT2D eigenvalue weighted by Gasteiger charge is -2.24. The summed E-state index contributed by atoms with van der Waals surface area (Å²) in [6, 6.07) is 2.70. The predicted molar refractivity (Wildman–Crippen MR) is 77.6 cm³/mol. The minimum Gasteiger partial charge on any atom is -0.377 e. The Kier molecular flexibility index (Phi) is 4.96. The van der Waals surface area contributed by atoms with E-state index in [9.17, 15) is 0 Å². The highest BCUT2D eigenvalue weighted by molar-refractivity contribution is 5.50. The number of hydrogen-bond donors (Lipinski definition) is 1. The number of methoxy groups -OCH3 is 1. The molecule has 1 aliphatic carbocycles. The normalized spacial score (nSPS) is 14.5. The maximum Gasteiger partial charge on any atom is 0.158 e. The summed E-state index contributed by atoms with van der Waals surface area (Å²) in [4.78, 5) is 11.5. The highest BCUT2D eigenvalue weighted by Crippen LogP contribution is 2.31. The monoisotopic (exact) mass is 264 g/mol. The van der Waals surface area contributed by atoms with Gasteiger partial charge in [0.1, 0.15) is 18.2 Å². The van der Waals surface area contributed by atoms with Gasteiger partial charge in [0, 0.05) is 32.8 Å². The van der Waals surface area contributed by atoms with Gasteiger partial charge in [-0.2, -0.15) is 0 Å². The molecule has 1 aromatic rings. The van der Waals surface area contributed by atoms with E-state index in [4.69, 9.17) is 4.74 Å². The SMILES string of the molecule is CCCCN(c1cc(NC)nc(COC)n1)C1CC1. The minimum absolute atomic E-state index is 0.453. The smallest absolute Gasteiger partial charge is 0.158 e. The largest absolute Gasteiger partial charge is 0.377 e. The molecule has 1 saturated carbocycles. The number of unbranched alkanes of at least 4 members (excludes halogenated alkanes) is 1. The first-order chi connectivity index (χ1) is 9.28. The molecule has 1 N–H and O–H groups in total. The molecule has 5 nitrogen and oxygen atoms in total. The zero-order valence-corrected chi connectivity index (χ0v) is 12.1. The van der Waals surface area contributed by atoms with E-state index in [0.29, 0.717) is 12.6 Å². The highest BCUT2D eigenvalue weighted by Gasteiger charge is 2.30. The van der Waals surface area contributed by atoms with Crippen LogP contribution in [0.1, 0.15) is 38.4 Å². The average molecular weight is 264 g/mol. The van der Waals surface area contributed by atoms with Crippen molar-refractivity contribution in [3.63, 3.8) is 0 Å². The van der Waals surface area contributed by atoms with Crippen molar-refractivity contribution in [3.05, 3.63) is 11.9 Å². The lowest BCUT2D eigenvalue weighted by Crippen LogP contribution is -2.28. The molecule has 5 heteroatoms. The van der Waals surface area contributed by atoms with Crippen LogP contribution in [0.25, 0.3) is 0 Å². The van der Waals surface area contributed by atoms with Crippen molar-refractivity contribution in [2.45, 2.75) is 45.3 Å². The van der Waals surface area contributed by atoms with E-state index >= 15 is 0 Å². The highest BCUT2D eigenvalue weighted by atomic mass is 16.5. The first kappa shape index (κ1) is 14.1. The van der Waals surface area contributed by atoms with Crippen molar-refractivity contribution in [1.29, 1.82) is 0 Å². The Labute approximate surface area is 115 Å². The van der Waals surface area contributed by atoms with Crippen LogP contribution in [0.3, 0.4) is 0 Å². The fraction of sp³-hybridized carbons (Fsp3) is 0.714. The Bertz CT molecular complexity index is 406. The molecule has 0 unspecified atom stereocenters. The Hall–Kier alpha value is -1.36. The van der Waals surface area contributed by atoms with Crippen LogP contribution in [0.15, 0.2) is 6.07 Å². The Morgan fingerprint density at radius 1 is 1.42 bits per heavy atom. The van der Waals surface area contributed by atoms with E-state index in [2.05, 4.69) is 27.1 Å². The molecule has 1 aliphatic rings. The molecule has 1 aromatic heterocycles. The van der Waals surface area contributed by atoms with Crippen LogP contribution in [0.5, 0.6) is 0 Å². The molecule has 1 heterocycles. The molecule has 106 valence electrons. The fourth-order valence-electron chi connectivity index (χ4n) is 2.15. The van der Waals surface area contributed by atoms with Crippen LogP contribution in [0.2, 0.25) is 0 Å². The van der Waals surface area contributed by atoms with E-state index in [1.165, 1.54) is 25.7 Å². The number of anilines is 2. The Morgan fingerprint density at radius 2 is 2.21 bits per heavy atom. The first-order valence-electron chi connectivity index (χ1n) is 7.09. The number of aromatic nitrogens is 2. The van der Waals surface area contributed by atoms with Crippen LogP contribution in [-0.2, 0) is 11.3 Å². The lowest BCUT2D eigenvalue weighted by atomic mass is 10.3. The van der Waals surface area contributed by atoms with Gasteiger partial charge >= 0.3 is 0 Å². The molecule has 0 radical (unpaired) electrons. The van der Waals surface area contributed by atoms with Crippen molar-refractivity contribution < 1.29 is 4.74 Å². The fourth-order valence-corrected chi connectivity index (χ4v) is 2.15. The van der Waals surface area contributed by atoms with E-state index in [1.807, 2.05) is 13.1 Å². The van der Waals surface area contributed by atoms with Crippen molar-refractivity contribution in [3.8, 4) is 0 Å². The van der Waals surface area contributed by atoms with Crippen LogP contribution in [-0.4, -0.2) is 36.7 Å². The van der Waals surface area contributed by atoms with Gasteiger partial charge in [-0.3, -0.25) is 0 Å². The standard InChI is InChI=1S/C14H24N4O/c1-4-5-8-18(11-6-7-11)14-9-12(15-2)16-13(17-14)10-19-3/h9,11H,4-8,10H2,1-3H3,(H,15,16,17). The summed E-state index contributed by atoms with van der Waals surface area (Å²) in [5.74, 6) is 2.63. The van der Waals surface area contributed by atoms with Crippen molar-refractivity contribution in [2.75, 3.05) is 30.9 Å². The lowest BCUT2D eigenvalue weighted by molar-refractivity contribution is 0.178. The maximum atomic E-state index is 5.15. The van der Waals surface area contributed by atoms with Gasteiger partial charge in [-0.25, -0.2) is 9.97 Å². The van der Waals surface area contributed by atoms with E-state index < -0.39 is 0 Å². The van der Waals surface area contributed by atoms with Crippen molar-refractivity contribution >= 4 is 11.6 Å². The van der Waals surface area contributed by atoms with Gasteiger partial charge in [-0.15, -0.1) is 0 Å². The van der Waals surface area contributed by atoms with Gasteiger partial charge < -0.3 is 15.0 Å². The van der Waals surface area contributed by atoms with Gasteiger partial charge in [-0.1, -0.05) is 13.3 Å². The first-order valence-corrected chi connectivity index (χ1v) is 7.09. The summed E-state index contributed by atoms with van der Waals surface area (Å²) in [5.41, 5.74) is 0. The molecule has 2 rings (SSSR count). The van der Waals surface area contributed by atoms with Gasteiger partial charge in [0.25, 0.3) is 0 Å². The van der Waals surface area contributed by atoms with Crippen LogP contribution in [0, 0.1) is 0 Å². The Balaban J connectivity index is 2.21. The third-order valence-electron chi connectivity index (χ3n) is 3.32. The maximum absolute atomic E-state index is 5.15. The summed E-state index contributed by atoms with van der Waals surface area (Å²) < 4.78 is 5.15. The van der Waals surface area contributed by atoms with Crippen molar-refractivity contribution in [2.24, 2.45) is 0 Å². The van der Waals surface area contributed by atoms with E-state index in [1.54, 1.807) is 7.11 Å². The molecule has 19 heavy (non-hydrogen) atoms.